The molecule has 0 heterocycles. The number of amides is 1. The minimum absolute atomic E-state index is 0.249. The average molecular weight is 429 g/mol. The SMILES string of the molecule is COc1cccc(/C=N\NC(=O)c2ccc(Cl)cc2Cl)c1OCc1ccccc1. The fourth-order valence-corrected chi connectivity index (χ4v) is 3.07. The summed E-state index contributed by atoms with van der Waals surface area (Å²) in [7, 11) is 1.57. The fraction of sp³-hybridized carbons (Fsp3) is 0.0909. The van der Waals surface area contributed by atoms with Gasteiger partial charge in [0.1, 0.15) is 6.61 Å². The molecule has 1 N–H and O–H groups in total. The third-order valence-corrected chi connectivity index (χ3v) is 4.55. The van der Waals surface area contributed by atoms with E-state index >= 15 is 0 Å². The number of hydrogen-bond acceptors (Lipinski definition) is 4. The van der Waals surface area contributed by atoms with Crippen LogP contribution < -0.4 is 14.9 Å². The first kappa shape index (κ1) is 20.7. The molecule has 3 aromatic carbocycles. The van der Waals surface area contributed by atoms with E-state index in [1.807, 2.05) is 42.5 Å². The maximum Gasteiger partial charge on any atom is 0.272 e. The Morgan fingerprint density at radius 2 is 1.86 bits per heavy atom. The Kier molecular flexibility index (Phi) is 7.11. The second-order valence-corrected chi connectivity index (χ2v) is 6.82. The van der Waals surface area contributed by atoms with Gasteiger partial charge in [-0.2, -0.15) is 5.10 Å². The second kappa shape index (κ2) is 9.96. The largest absolute Gasteiger partial charge is 0.493 e. The molecule has 3 aromatic rings. The number of methoxy groups -OCH3 is 1. The summed E-state index contributed by atoms with van der Waals surface area (Å²) < 4.78 is 11.3. The first-order valence-electron chi connectivity index (χ1n) is 8.70. The van der Waals surface area contributed by atoms with E-state index < -0.39 is 5.91 Å². The maximum absolute atomic E-state index is 12.3. The third-order valence-electron chi connectivity index (χ3n) is 4.00. The van der Waals surface area contributed by atoms with Crippen LogP contribution in [0, 0.1) is 0 Å². The average Bonchev–Trinajstić information content (AvgIpc) is 2.73. The number of benzene rings is 3. The summed E-state index contributed by atoms with van der Waals surface area (Å²) in [6.07, 6.45) is 1.49. The van der Waals surface area contributed by atoms with E-state index in [9.17, 15) is 4.79 Å². The number of para-hydroxylation sites is 1. The van der Waals surface area contributed by atoms with Gasteiger partial charge in [0, 0.05) is 10.6 Å². The van der Waals surface area contributed by atoms with E-state index in [1.165, 1.54) is 18.3 Å². The maximum atomic E-state index is 12.3. The standard InChI is InChI=1S/C22H18Cl2N2O3/c1-28-20-9-5-8-16(21(20)29-14-15-6-3-2-4-7-15)13-25-26-22(27)18-11-10-17(23)12-19(18)24/h2-13H,14H2,1H3,(H,26,27)/b25-13-. The molecule has 1 amide bonds. The molecule has 3 rings (SSSR count). The Bertz CT molecular complexity index is 1020. The molecule has 29 heavy (non-hydrogen) atoms. The molecule has 0 aliphatic carbocycles. The van der Waals surface area contributed by atoms with Crippen LogP contribution in [0.2, 0.25) is 10.0 Å². The highest BCUT2D eigenvalue weighted by atomic mass is 35.5. The van der Waals surface area contributed by atoms with Crippen molar-refractivity contribution in [2.24, 2.45) is 5.10 Å². The Morgan fingerprint density at radius 1 is 1.07 bits per heavy atom. The minimum Gasteiger partial charge on any atom is -0.493 e. The Labute approximate surface area is 178 Å². The molecule has 148 valence electrons. The van der Waals surface area contributed by atoms with Crippen molar-refractivity contribution in [3.63, 3.8) is 0 Å². The molecule has 0 radical (unpaired) electrons. The van der Waals surface area contributed by atoms with Crippen molar-refractivity contribution < 1.29 is 14.3 Å². The molecule has 0 saturated heterocycles. The Morgan fingerprint density at radius 3 is 2.59 bits per heavy atom. The number of nitrogens with one attached hydrogen (secondary N) is 1. The smallest absolute Gasteiger partial charge is 0.272 e. The molecule has 0 spiro atoms. The predicted molar refractivity (Wildman–Crippen MR) is 115 cm³/mol. The first-order valence-corrected chi connectivity index (χ1v) is 9.46. The van der Waals surface area contributed by atoms with Crippen LogP contribution in [0.3, 0.4) is 0 Å². The monoisotopic (exact) mass is 428 g/mol. The Balaban J connectivity index is 1.74. The summed E-state index contributed by atoms with van der Waals surface area (Å²) in [5.41, 5.74) is 4.41. The van der Waals surface area contributed by atoms with Gasteiger partial charge in [-0.15, -0.1) is 0 Å². The van der Waals surface area contributed by atoms with Crippen LogP contribution in [-0.2, 0) is 6.61 Å². The number of rotatable bonds is 7. The molecule has 0 atom stereocenters. The van der Waals surface area contributed by atoms with Gasteiger partial charge in [-0.3, -0.25) is 4.79 Å². The van der Waals surface area contributed by atoms with Crippen molar-refractivity contribution in [1.29, 1.82) is 0 Å². The van der Waals surface area contributed by atoms with Gasteiger partial charge in [0.15, 0.2) is 11.5 Å². The first-order chi connectivity index (χ1) is 14.1. The van der Waals surface area contributed by atoms with Crippen LogP contribution >= 0.6 is 23.2 Å². The van der Waals surface area contributed by atoms with Crippen molar-refractivity contribution in [2.45, 2.75) is 6.61 Å². The number of ether oxygens (including phenoxy) is 2. The van der Waals surface area contributed by atoms with Crippen LogP contribution in [0.25, 0.3) is 0 Å². The lowest BCUT2D eigenvalue weighted by molar-refractivity contribution is 0.0955. The third kappa shape index (κ3) is 5.50. The number of hydrogen-bond donors (Lipinski definition) is 1. The van der Waals surface area contributed by atoms with Gasteiger partial charge in [-0.1, -0.05) is 59.6 Å². The molecular weight excluding hydrogens is 411 g/mol. The highest BCUT2D eigenvalue weighted by Crippen LogP contribution is 2.31. The van der Waals surface area contributed by atoms with Crippen LogP contribution in [0.15, 0.2) is 71.8 Å². The number of nitrogens with zero attached hydrogens (tertiary/aromatic N) is 1. The zero-order chi connectivity index (χ0) is 20.6. The van der Waals surface area contributed by atoms with Crippen molar-refractivity contribution in [1.82, 2.24) is 5.43 Å². The van der Waals surface area contributed by atoms with Gasteiger partial charge in [0.2, 0.25) is 0 Å². The number of hydrazone groups is 1. The second-order valence-electron chi connectivity index (χ2n) is 5.98. The van der Waals surface area contributed by atoms with E-state index in [1.54, 1.807) is 19.2 Å². The van der Waals surface area contributed by atoms with Gasteiger partial charge in [0.25, 0.3) is 5.91 Å². The van der Waals surface area contributed by atoms with Crippen molar-refractivity contribution in [2.75, 3.05) is 7.11 Å². The van der Waals surface area contributed by atoms with Gasteiger partial charge < -0.3 is 9.47 Å². The molecule has 0 bridgehead atoms. The van der Waals surface area contributed by atoms with Crippen molar-refractivity contribution in [3.8, 4) is 11.5 Å². The quantitative estimate of drug-likeness (QED) is 0.407. The molecule has 0 saturated carbocycles. The lowest BCUT2D eigenvalue weighted by Gasteiger charge is -2.13. The topological polar surface area (TPSA) is 59.9 Å². The highest BCUT2D eigenvalue weighted by Gasteiger charge is 2.12. The summed E-state index contributed by atoms with van der Waals surface area (Å²) >= 11 is 11.9. The van der Waals surface area contributed by atoms with E-state index in [4.69, 9.17) is 32.7 Å². The molecule has 0 aliphatic rings. The van der Waals surface area contributed by atoms with Crippen LogP contribution in [0.4, 0.5) is 0 Å². The predicted octanol–water partition coefficient (Wildman–Crippen LogP) is 5.34. The fourth-order valence-electron chi connectivity index (χ4n) is 2.57. The lowest BCUT2D eigenvalue weighted by atomic mass is 10.2. The highest BCUT2D eigenvalue weighted by molar-refractivity contribution is 6.36. The molecule has 0 aromatic heterocycles. The Hall–Kier alpha value is -3.02. The summed E-state index contributed by atoms with van der Waals surface area (Å²) in [5, 5.41) is 4.72. The van der Waals surface area contributed by atoms with Gasteiger partial charge in [-0.05, 0) is 35.9 Å². The summed E-state index contributed by atoms with van der Waals surface area (Å²) in [6, 6.07) is 19.8. The van der Waals surface area contributed by atoms with Gasteiger partial charge in [0.05, 0.1) is 23.9 Å². The van der Waals surface area contributed by atoms with Gasteiger partial charge >= 0.3 is 0 Å². The van der Waals surface area contributed by atoms with Gasteiger partial charge in [-0.25, -0.2) is 5.43 Å². The lowest BCUT2D eigenvalue weighted by Crippen LogP contribution is -2.18. The summed E-state index contributed by atoms with van der Waals surface area (Å²) in [4.78, 5) is 12.3. The van der Waals surface area contributed by atoms with Crippen molar-refractivity contribution in [3.05, 3.63) is 93.5 Å². The van der Waals surface area contributed by atoms with E-state index in [2.05, 4.69) is 10.5 Å². The van der Waals surface area contributed by atoms with Crippen LogP contribution in [0.1, 0.15) is 21.5 Å². The van der Waals surface area contributed by atoms with Crippen LogP contribution in [-0.4, -0.2) is 19.2 Å². The summed E-state index contributed by atoms with van der Waals surface area (Å²) in [5.74, 6) is 0.649. The van der Waals surface area contributed by atoms with E-state index in [0.29, 0.717) is 28.7 Å². The van der Waals surface area contributed by atoms with Crippen molar-refractivity contribution >= 4 is 35.3 Å². The molecular formula is C22H18Cl2N2O3. The zero-order valence-corrected chi connectivity index (χ0v) is 17.1. The summed E-state index contributed by atoms with van der Waals surface area (Å²) in [6.45, 7) is 0.370. The number of carbonyl (C=O) groups is 1. The number of halogens is 2. The van der Waals surface area contributed by atoms with Crippen LogP contribution in [0.5, 0.6) is 11.5 Å². The minimum atomic E-state index is -0.447. The molecule has 0 fully saturated rings. The molecule has 5 nitrogen and oxygen atoms in total. The van der Waals surface area contributed by atoms with E-state index in [-0.39, 0.29) is 10.6 Å². The molecule has 0 unspecified atom stereocenters. The van der Waals surface area contributed by atoms with E-state index in [0.717, 1.165) is 5.56 Å². The zero-order valence-electron chi connectivity index (χ0n) is 15.6. The number of carbonyl (C=O) groups excluding carboxylic acids is 1. The molecule has 7 heteroatoms. The molecule has 0 aliphatic heterocycles. The normalized spacial score (nSPS) is 10.7.